The Morgan fingerprint density at radius 2 is 1.75 bits per heavy atom. The number of hydrogen-bond donors (Lipinski definition) is 1. The van der Waals surface area contributed by atoms with Crippen LogP contribution in [0, 0.1) is 6.92 Å². The van der Waals surface area contributed by atoms with Gasteiger partial charge in [-0.25, -0.2) is 0 Å². The molecule has 0 aromatic heterocycles. The first-order chi connectivity index (χ1) is 9.63. The van der Waals surface area contributed by atoms with Crippen molar-refractivity contribution in [3.63, 3.8) is 0 Å². The van der Waals surface area contributed by atoms with Gasteiger partial charge in [0.2, 0.25) is 5.91 Å². The Hall–Kier alpha value is -1.87. The van der Waals surface area contributed by atoms with Crippen LogP contribution in [-0.4, -0.2) is 5.91 Å². The fourth-order valence-corrected chi connectivity index (χ4v) is 1.96. The summed E-state index contributed by atoms with van der Waals surface area (Å²) < 4.78 is 1.03. The van der Waals surface area contributed by atoms with Crippen LogP contribution >= 0.6 is 15.9 Å². The molecule has 3 heteroatoms. The summed E-state index contributed by atoms with van der Waals surface area (Å²) in [4.78, 5) is 11.7. The molecule has 0 bridgehead atoms. The van der Waals surface area contributed by atoms with Gasteiger partial charge in [0.05, 0.1) is 0 Å². The minimum absolute atomic E-state index is 0.0894. The Morgan fingerprint density at radius 1 is 1.10 bits per heavy atom. The standard InChI is InChI=1S/C17H16BrNO/c1-13-2-4-15(5-3-13)12-19-17(20)11-8-14-6-9-16(18)10-7-14/h2-11H,12H2,1H3,(H,19,20)/b11-8+. The molecule has 0 saturated carbocycles. The lowest BCUT2D eigenvalue weighted by molar-refractivity contribution is -0.116. The molecular weight excluding hydrogens is 314 g/mol. The predicted octanol–water partition coefficient (Wildman–Crippen LogP) is 4.09. The molecule has 0 aliphatic carbocycles. The molecule has 2 aromatic rings. The van der Waals surface area contributed by atoms with Crippen LogP contribution < -0.4 is 5.32 Å². The highest BCUT2D eigenvalue weighted by molar-refractivity contribution is 9.10. The van der Waals surface area contributed by atoms with E-state index in [0.29, 0.717) is 6.54 Å². The summed E-state index contributed by atoms with van der Waals surface area (Å²) in [5, 5.41) is 2.87. The first-order valence-electron chi connectivity index (χ1n) is 6.40. The summed E-state index contributed by atoms with van der Waals surface area (Å²) in [5.41, 5.74) is 3.31. The molecule has 0 aliphatic heterocycles. The highest BCUT2D eigenvalue weighted by Gasteiger charge is 1.97. The van der Waals surface area contributed by atoms with Crippen LogP contribution in [0.4, 0.5) is 0 Å². The molecular formula is C17H16BrNO. The number of benzene rings is 2. The maximum absolute atomic E-state index is 11.7. The fourth-order valence-electron chi connectivity index (χ4n) is 1.70. The van der Waals surface area contributed by atoms with Crippen LogP contribution in [0.15, 0.2) is 59.1 Å². The Balaban J connectivity index is 1.86. The topological polar surface area (TPSA) is 29.1 Å². The lowest BCUT2D eigenvalue weighted by Crippen LogP contribution is -2.20. The summed E-state index contributed by atoms with van der Waals surface area (Å²) in [5.74, 6) is -0.0894. The van der Waals surface area contributed by atoms with E-state index in [0.717, 1.165) is 15.6 Å². The second kappa shape index (κ2) is 7.06. The quantitative estimate of drug-likeness (QED) is 0.841. The monoisotopic (exact) mass is 329 g/mol. The van der Waals surface area contributed by atoms with Crippen molar-refractivity contribution in [2.45, 2.75) is 13.5 Å². The van der Waals surface area contributed by atoms with E-state index in [4.69, 9.17) is 0 Å². The highest BCUT2D eigenvalue weighted by atomic mass is 79.9. The van der Waals surface area contributed by atoms with Gasteiger partial charge in [-0.2, -0.15) is 0 Å². The minimum atomic E-state index is -0.0894. The van der Waals surface area contributed by atoms with E-state index in [2.05, 4.69) is 21.2 Å². The lowest BCUT2D eigenvalue weighted by atomic mass is 10.1. The molecule has 20 heavy (non-hydrogen) atoms. The molecule has 0 fully saturated rings. The second-order valence-corrected chi connectivity index (χ2v) is 5.50. The smallest absolute Gasteiger partial charge is 0.244 e. The molecule has 0 unspecified atom stereocenters. The number of hydrogen-bond acceptors (Lipinski definition) is 1. The minimum Gasteiger partial charge on any atom is -0.348 e. The predicted molar refractivity (Wildman–Crippen MR) is 86.2 cm³/mol. The molecule has 0 heterocycles. The van der Waals surface area contributed by atoms with Gasteiger partial charge in [0.15, 0.2) is 0 Å². The number of carbonyl (C=O) groups excluding carboxylic acids is 1. The van der Waals surface area contributed by atoms with Crippen LogP contribution in [0.2, 0.25) is 0 Å². The number of carbonyl (C=O) groups is 1. The third-order valence-electron chi connectivity index (χ3n) is 2.88. The van der Waals surface area contributed by atoms with Crippen molar-refractivity contribution in [2.75, 3.05) is 0 Å². The van der Waals surface area contributed by atoms with E-state index in [9.17, 15) is 4.79 Å². The fraction of sp³-hybridized carbons (Fsp3) is 0.118. The van der Waals surface area contributed by atoms with Gasteiger partial charge < -0.3 is 5.32 Å². The van der Waals surface area contributed by atoms with Crippen LogP contribution in [0.3, 0.4) is 0 Å². The van der Waals surface area contributed by atoms with Crippen molar-refractivity contribution < 1.29 is 4.79 Å². The lowest BCUT2D eigenvalue weighted by Gasteiger charge is -2.03. The van der Waals surface area contributed by atoms with Crippen LogP contribution in [-0.2, 0) is 11.3 Å². The van der Waals surface area contributed by atoms with Crippen molar-refractivity contribution in [2.24, 2.45) is 0 Å². The van der Waals surface area contributed by atoms with Crippen molar-refractivity contribution in [1.29, 1.82) is 0 Å². The van der Waals surface area contributed by atoms with Crippen molar-refractivity contribution in [3.05, 3.63) is 75.8 Å². The third kappa shape index (κ3) is 4.67. The maximum Gasteiger partial charge on any atom is 0.244 e. The van der Waals surface area contributed by atoms with E-state index >= 15 is 0 Å². The Morgan fingerprint density at radius 3 is 2.40 bits per heavy atom. The van der Waals surface area contributed by atoms with Gasteiger partial charge in [-0.15, -0.1) is 0 Å². The molecule has 1 N–H and O–H groups in total. The van der Waals surface area contributed by atoms with Crippen LogP contribution in [0.1, 0.15) is 16.7 Å². The summed E-state index contributed by atoms with van der Waals surface area (Å²) >= 11 is 3.38. The molecule has 0 spiro atoms. The van der Waals surface area contributed by atoms with E-state index in [1.165, 1.54) is 5.56 Å². The average Bonchev–Trinajstić information content (AvgIpc) is 2.46. The first-order valence-corrected chi connectivity index (χ1v) is 7.20. The van der Waals surface area contributed by atoms with E-state index in [1.807, 2.05) is 55.5 Å². The van der Waals surface area contributed by atoms with Crippen molar-refractivity contribution >= 4 is 27.9 Å². The second-order valence-electron chi connectivity index (χ2n) is 4.59. The molecule has 1 amide bonds. The summed E-state index contributed by atoms with van der Waals surface area (Å²) in [6.07, 6.45) is 3.36. The number of aryl methyl sites for hydroxylation is 1. The van der Waals surface area contributed by atoms with Gasteiger partial charge in [0.25, 0.3) is 0 Å². The number of nitrogens with one attached hydrogen (secondary N) is 1. The molecule has 0 aliphatic rings. The SMILES string of the molecule is Cc1ccc(CNC(=O)/C=C/c2ccc(Br)cc2)cc1. The van der Waals surface area contributed by atoms with Gasteiger partial charge in [-0.1, -0.05) is 57.9 Å². The average molecular weight is 330 g/mol. The van der Waals surface area contributed by atoms with E-state index < -0.39 is 0 Å². The molecule has 102 valence electrons. The summed E-state index contributed by atoms with van der Waals surface area (Å²) in [6.45, 7) is 2.59. The summed E-state index contributed by atoms with van der Waals surface area (Å²) in [6, 6.07) is 15.9. The van der Waals surface area contributed by atoms with Crippen molar-refractivity contribution in [1.82, 2.24) is 5.32 Å². The normalized spacial score (nSPS) is 10.7. The van der Waals surface area contributed by atoms with Crippen LogP contribution in [0.25, 0.3) is 6.08 Å². The maximum atomic E-state index is 11.7. The van der Waals surface area contributed by atoms with Gasteiger partial charge in [0.1, 0.15) is 0 Å². The third-order valence-corrected chi connectivity index (χ3v) is 3.41. The molecule has 0 radical (unpaired) electrons. The van der Waals surface area contributed by atoms with E-state index in [-0.39, 0.29) is 5.91 Å². The largest absolute Gasteiger partial charge is 0.348 e. The molecule has 2 nitrogen and oxygen atoms in total. The van der Waals surface area contributed by atoms with Crippen LogP contribution in [0.5, 0.6) is 0 Å². The highest BCUT2D eigenvalue weighted by Crippen LogP contribution is 2.11. The molecule has 0 atom stereocenters. The summed E-state index contributed by atoms with van der Waals surface area (Å²) in [7, 11) is 0. The zero-order valence-corrected chi connectivity index (χ0v) is 12.9. The first kappa shape index (κ1) is 14.5. The molecule has 2 rings (SSSR count). The van der Waals surface area contributed by atoms with Gasteiger partial charge in [-0.05, 0) is 36.3 Å². The van der Waals surface area contributed by atoms with Gasteiger partial charge in [-0.3, -0.25) is 4.79 Å². The number of halogens is 1. The van der Waals surface area contributed by atoms with Gasteiger partial charge in [0, 0.05) is 17.1 Å². The van der Waals surface area contributed by atoms with E-state index in [1.54, 1.807) is 12.2 Å². The Labute approximate surface area is 127 Å². The molecule has 0 saturated heterocycles. The Kier molecular flexibility index (Phi) is 5.13. The van der Waals surface area contributed by atoms with Crippen molar-refractivity contribution in [3.8, 4) is 0 Å². The Bertz CT molecular complexity index is 600. The van der Waals surface area contributed by atoms with Gasteiger partial charge >= 0.3 is 0 Å². The number of amides is 1. The zero-order valence-electron chi connectivity index (χ0n) is 11.3. The number of rotatable bonds is 4. The molecule has 2 aromatic carbocycles. The zero-order chi connectivity index (χ0) is 14.4.